The van der Waals surface area contributed by atoms with Crippen LogP contribution in [0.15, 0.2) is 91.2 Å². The maximum Gasteiger partial charge on any atom is 0.0379 e. The van der Waals surface area contributed by atoms with Gasteiger partial charge in [0.1, 0.15) is 0 Å². The molecular formula is C24H25N. The van der Waals surface area contributed by atoms with Crippen LogP contribution >= 0.6 is 0 Å². The normalized spacial score (nSPS) is 11.8. The van der Waals surface area contributed by atoms with Crippen molar-refractivity contribution in [2.24, 2.45) is 0 Å². The van der Waals surface area contributed by atoms with Crippen molar-refractivity contribution in [3.8, 4) is 0 Å². The van der Waals surface area contributed by atoms with Gasteiger partial charge >= 0.3 is 0 Å². The number of fused-ring (bicyclic) bond motifs is 1. The molecule has 1 nitrogen and oxygen atoms in total. The standard InChI is InChI=1S/C24H25N/c1-18(16-17-25-21-11-6-5-7-12-21)24(3,4)23-15-14-20-10-8-9-13-22(20)19(23)2/h5-17,25H,1H2,2-4H3/b17-16+. The molecule has 3 aromatic carbocycles. The highest BCUT2D eigenvalue weighted by Crippen LogP contribution is 2.36. The average molecular weight is 327 g/mol. The third-order valence-corrected chi connectivity index (χ3v) is 4.98. The lowest BCUT2D eigenvalue weighted by atomic mass is 9.75. The second-order valence-electron chi connectivity index (χ2n) is 6.95. The summed E-state index contributed by atoms with van der Waals surface area (Å²) in [6, 6.07) is 23.1. The highest BCUT2D eigenvalue weighted by molar-refractivity contribution is 5.87. The lowest BCUT2D eigenvalue weighted by molar-refractivity contribution is 0.638. The number of hydrogen-bond acceptors (Lipinski definition) is 1. The second kappa shape index (κ2) is 6.98. The predicted molar refractivity (Wildman–Crippen MR) is 110 cm³/mol. The molecule has 0 fully saturated rings. The van der Waals surface area contributed by atoms with E-state index in [-0.39, 0.29) is 5.41 Å². The molecule has 0 aromatic heterocycles. The summed E-state index contributed by atoms with van der Waals surface area (Å²) >= 11 is 0. The summed E-state index contributed by atoms with van der Waals surface area (Å²) in [4.78, 5) is 0. The molecule has 0 heterocycles. The highest BCUT2D eigenvalue weighted by Gasteiger charge is 2.25. The van der Waals surface area contributed by atoms with Crippen molar-refractivity contribution in [2.75, 3.05) is 5.32 Å². The van der Waals surface area contributed by atoms with Crippen molar-refractivity contribution >= 4 is 16.5 Å². The van der Waals surface area contributed by atoms with Crippen molar-refractivity contribution in [1.82, 2.24) is 0 Å². The third kappa shape index (κ3) is 3.51. The zero-order valence-corrected chi connectivity index (χ0v) is 15.2. The van der Waals surface area contributed by atoms with Crippen molar-refractivity contribution < 1.29 is 0 Å². The van der Waals surface area contributed by atoms with E-state index >= 15 is 0 Å². The molecule has 3 aromatic rings. The van der Waals surface area contributed by atoms with Crippen molar-refractivity contribution in [2.45, 2.75) is 26.2 Å². The Bertz CT molecular complexity index is 917. The molecule has 0 aliphatic carbocycles. The molecule has 0 amide bonds. The van der Waals surface area contributed by atoms with Crippen LogP contribution < -0.4 is 5.32 Å². The van der Waals surface area contributed by atoms with E-state index in [1.165, 1.54) is 21.9 Å². The fraction of sp³-hybridized carbons (Fsp3) is 0.167. The first kappa shape index (κ1) is 17.0. The van der Waals surface area contributed by atoms with Crippen molar-refractivity contribution in [3.63, 3.8) is 0 Å². The van der Waals surface area contributed by atoms with Crippen LogP contribution in [0.1, 0.15) is 25.0 Å². The first-order chi connectivity index (χ1) is 12.0. The maximum atomic E-state index is 4.33. The van der Waals surface area contributed by atoms with Crippen LogP contribution in [0.2, 0.25) is 0 Å². The molecule has 0 saturated heterocycles. The Morgan fingerprint density at radius 1 is 0.920 bits per heavy atom. The van der Waals surface area contributed by atoms with Gasteiger partial charge in [-0.2, -0.15) is 0 Å². The zero-order valence-electron chi connectivity index (χ0n) is 15.2. The monoisotopic (exact) mass is 327 g/mol. The first-order valence-electron chi connectivity index (χ1n) is 8.66. The van der Waals surface area contributed by atoms with Gasteiger partial charge in [-0.1, -0.05) is 75.0 Å². The van der Waals surface area contributed by atoms with E-state index in [0.29, 0.717) is 0 Å². The lowest BCUT2D eigenvalue weighted by Gasteiger charge is -2.29. The Morgan fingerprint density at radius 3 is 2.36 bits per heavy atom. The van der Waals surface area contributed by atoms with Crippen LogP contribution in [0.5, 0.6) is 0 Å². The minimum Gasteiger partial charge on any atom is -0.362 e. The smallest absolute Gasteiger partial charge is 0.0379 e. The number of benzene rings is 3. The van der Waals surface area contributed by atoms with E-state index in [2.05, 4.69) is 75.1 Å². The molecule has 0 radical (unpaired) electrons. The van der Waals surface area contributed by atoms with Gasteiger partial charge in [-0.3, -0.25) is 0 Å². The molecule has 3 rings (SSSR count). The second-order valence-corrected chi connectivity index (χ2v) is 6.95. The van der Waals surface area contributed by atoms with Gasteiger partial charge in [0, 0.05) is 17.3 Å². The van der Waals surface area contributed by atoms with Gasteiger partial charge in [0.15, 0.2) is 0 Å². The van der Waals surface area contributed by atoms with Crippen LogP contribution in [-0.4, -0.2) is 0 Å². The maximum absolute atomic E-state index is 4.33. The molecule has 126 valence electrons. The van der Waals surface area contributed by atoms with E-state index in [1.54, 1.807) is 0 Å². The minimum atomic E-state index is -0.136. The summed E-state index contributed by atoms with van der Waals surface area (Å²) in [5.74, 6) is 0. The molecule has 1 N–H and O–H groups in total. The van der Waals surface area contributed by atoms with E-state index in [4.69, 9.17) is 0 Å². The molecule has 0 bridgehead atoms. The van der Waals surface area contributed by atoms with Crippen LogP contribution in [0, 0.1) is 6.92 Å². The van der Waals surface area contributed by atoms with Crippen molar-refractivity contribution in [3.05, 3.63) is 102 Å². The number of para-hydroxylation sites is 1. The number of nitrogens with one attached hydrogen (secondary N) is 1. The van der Waals surface area contributed by atoms with Gasteiger partial charge in [0.2, 0.25) is 0 Å². The summed E-state index contributed by atoms with van der Waals surface area (Å²) in [7, 11) is 0. The average Bonchev–Trinajstić information content (AvgIpc) is 2.63. The van der Waals surface area contributed by atoms with E-state index in [9.17, 15) is 0 Å². The Labute approximate surface area is 150 Å². The van der Waals surface area contributed by atoms with Crippen LogP contribution in [-0.2, 0) is 5.41 Å². The lowest BCUT2D eigenvalue weighted by Crippen LogP contribution is -2.20. The van der Waals surface area contributed by atoms with Gasteiger partial charge in [-0.05, 0) is 52.6 Å². The fourth-order valence-corrected chi connectivity index (χ4v) is 3.26. The summed E-state index contributed by atoms with van der Waals surface area (Å²) in [6.07, 6.45) is 4.04. The summed E-state index contributed by atoms with van der Waals surface area (Å²) in [5, 5.41) is 5.90. The van der Waals surface area contributed by atoms with Gasteiger partial charge in [0.05, 0.1) is 0 Å². The number of aryl methyl sites for hydroxylation is 1. The molecule has 0 saturated carbocycles. The first-order valence-corrected chi connectivity index (χ1v) is 8.66. The summed E-state index contributed by atoms with van der Waals surface area (Å²) < 4.78 is 0. The van der Waals surface area contributed by atoms with Crippen molar-refractivity contribution in [1.29, 1.82) is 0 Å². The number of allylic oxidation sites excluding steroid dienone is 2. The third-order valence-electron chi connectivity index (χ3n) is 4.98. The Morgan fingerprint density at radius 2 is 1.60 bits per heavy atom. The molecule has 0 spiro atoms. The quantitative estimate of drug-likeness (QED) is 0.520. The van der Waals surface area contributed by atoms with Gasteiger partial charge < -0.3 is 5.32 Å². The van der Waals surface area contributed by atoms with Crippen LogP contribution in [0.25, 0.3) is 10.8 Å². The van der Waals surface area contributed by atoms with Gasteiger partial charge in [-0.15, -0.1) is 0 Å². The van der Waals surface area contributed by atoms with E-state index in [1.807, 2.05) is 36.5 Å². The number of hydrogen-bond donors (Lipinski definition) is 1. The van der Waals surface area contributed by atoms with Gasteiger partial charge in [0.25, 0.3) is 0 Å². The Balaban J connectivity index is 1.85. The zero-order chi connectivity index (χ0) is 17.9. The number of anilines is 1. The van der Waals surface area contributed by atoms with Crippen LogP contribution in [0.3, 0.4) is 0 Å². The molecule has 0 aliphatic rings. The molecule has 1 heteroatoms. The highest BCUT2D eigenvalue weighted by atomic mass is 14.8. The molecular weight excluding hydrogens is 302 g/mol. The Hall–Kier alpha value is -2.80. The van der Waals surface area contributed by atoms with E-state index < -0.39 is 0 Å². The molecule has 0 aliphatic heterocycles. The topological polar surface area (TPSA) is 12.0 Å². The molecule has 25 heavy (non-hydrogen) atoms. The molecule has 0 unspecified atom stereocenters. The minimum absolute atomic E-state index is 0.136. The Kier molecular flexibility index (Phi) is 4.76. The number of rotatable bonds is 5. The predicted octanol–water partition coefficient (Wildman–Crippen LogP) is 6.61. The summed E-state index contributed by atoms with van der Waals surface area (Å²) in [5.41, 5.74) is 4.66. The SMILES string of the molecule is C=C(/C=C/Nc1ccccc1)C(C)(C)c1ccc2ccccc2c1C. The largest absolute Gasteiger partial charge is 0.362 e. The fourth-order valence-electron chi connectivity index (χ4n) is 3.26. The van der Waals surface area contributed by atoms with Gasteiger partial charge in [-0.25, -0.2) is 0 Å². The van der Waals surface area contributed by atoms with E-state index in [0.717, 1.165) is 11.3 Å². The summed E-state index contributed by atoms with van der Waals surface area (Å²) in [6.45, 7) is 11.0. The molecule has 0 atom stereocenters. The van der Waals surface area contributed by atoms with Crippen LogP contribution in [0.4, 0.5) is 5.69 Å².